The first kappa shape index (κ1) is 26.2. The monoisotopic (exact) mass is 504 g/mol. The molecule has 196 valence electrons. The van der Waals surface area contributed by atoms with Crippen molar-refractivity contribution in [1.82, 2.24) is 25.1 Å². The molecule has 0 unspecified atom stereocenters. The van der Waals surface area contributed by atoms with Crippen LogP contribution in [-0.4, -0.2) is 70.6 Å². The first-order valence-electron chi connectivity index (χ1n) is 12.7. The number of anilines is 1. The van der Waals surface area contributed by atoms with Crippen LogP contribution in [0.1, 0.15) is 44.2 Å². The molecule has 2 aliphatic rings. The average Bonchev–Trinajstić information content (AvgIpc) is 2.85. The number of urea groups is 1. The van der Waals surface area contributed by atoms with E-state index < -0.39 is 11.7 Å². The maximum Gasteiger partial charge on any atom is 0.419 e. The van der Waals surface area contributed by atoms with Crippen molar-refractivity contribution in [2.45, 2.75) is 57.9 Å². The van der Waals surface area contributed by atoms with Crippen molar-refractivity contribution in [3.63, 3.8) is 0 Å². The van der Waals surface area contributed by atoms with Crippen molar-refractivity contribution in [3.8, 4) is 0 Å². The number of nitrogens with zero attached hydrogens (tertiary/aromatic N) is 5. The van der Waals surface area contributed by atoms with Crippen LogP contribution in [0.2, 0.25) is 0 Å². The lowest BCUT2D eigenvalue weighted by molar-refractivity contribution is -0.138. The smallest absolute Gasteiger partial charge is 0.338 e. The fraction of sp³-hybridized carbons (Fsp3) is 0.577. The predicted octanol–water partition coefficient (Wildman–Crippen LogP) is 4.41. The molecule has 10 heteroatoms. The standard InChI is InChI=1S/C26H35F3N6O/c1-19-16-34(24-31-14-23(15-32-24)26(27,28)29)17-20(2)35(19)25(36)30-11-8-21-9-12-33(13-10-21)18-22-6-4-3-5-7-22/h3-7,14-15,19-21H,8-13,16-18H2,1-2H3,(H,30,36)/t19-,20+. The molecular weight excluding hydrogens is 469 g/mol. The van der Waals surface area contributed by atoms with Crippen LogP contribution in [0.15, 0.2) is 42.7 Å². The lowest BCUT2D eigenvalue weighted by atomic mass is 9.93. The van der Waals surface area contributed by atoms with E-state index in [1.165, 1.54) is 5.56 Å². The highest BCUT2D eigenvalue weighted by molar-refractivity contribution is 5.75. The minimum Gasteiger partial charge on any atom is -0.338 e. The third kappa shape index (κ3) is 6.66. The Balaban J connectivity index is 1.20. The summed E-state index contributed by atoms with van der Waals surface area (Å²) in [6.45, 7) is 8.59. The van der Waals surface area contributed by atoms with Gasteiger partial charge in [0.1, 0.15) is 0 Å². The van der Waals surface area contributed by atoms with Gasteiger partial charge in [-0.25, -0.2) is 14.8 Å². The van der Waals surface area contributed by atoms with E-state index in [9.17, 15) is 18.0 Å². The van der Waals surface area contributed by atoms with Gasteiger partial charge in [-0.1, -0.05) is 30.3 Å². The van der Waals surface area contributed by atoms with Crippen LogP contribution in [0, 0.1) is 5.92 Å². The number of aromatic nitrogens is 2. The number of benzene rings is 1. The van der Waals surface area contributed by atoms with E-state index in [4.69, 9.17) is 0 Å². The Morgan fingerprint density at radius 2 is 1.64 bits per heavy atom. The van der Waals surface area contributed by atoms with Gasteiger partial charge in [-0.05, 0) is 57.7 Å². The summed E-state index contributed by atoms with van der Waals surface area (Å²) in [5.41, 5.74) is 0.476. The number of halogens is 3. The number of nitrogens with one attached hydrogen (secondary N) is 1. The molecule has 2 aliphatic heterocycles. The second-order valence-electron chi connectivity index (χ2n) is 10.0. The van der Waals surface area contributed by atoms with Gasteiger partial charge in [0.15, 0.2) is 0 Å². The van der Waals surface area contributed by atoms with Crippen LogP contribution in [-0.2, 0) is 12.7 Å². The molecule has 2 atom stereocenters. The van der Waals surface area contributed by atoms with E-state index in [0.717, 1.165) is 51.3 Å². The summed E-state index contributed by atoms with van der Waals surface area (Å²) in [4.78, 5) is 26.9. The third-order valence-corrected chi connectivity index (χ3v) is 7.19. The molecule has 0 saturated carbocycles. The first-order chi connectivity index (χ1) is 17.2. The maximum atomic E-state index is 12.9. The molecule has 36 heavy (non-hydrogen) atoms. The van der Waals surface area contributed by atoms with E-state index in [2.05, 4.69) is 44.5 Å². The minimum atomic E-state index is -4.46. The van der Waals surface area contributed by atoms with Crippen LogP contribution in [0.5, 0.6) is 0 Å². The molecule has 0 bridgehead atoms. The van der Waals surface area contributed by atoms with Gasteiger partial charge in [0.25, 0.3) is 0 Å². The molecule has 1 aromatic carbocycles. The number of hydrogen-bond donors (Lipinski definition) is 1. The van der Waals surface area contributed by atoms with Gasteiger partial charge in [-0.15, -0.1) is 0 Å². The topological polar surface area (TPSA) is 64.6 Å². The molecule has 0 spiro atoms. The van der Waals surface area contributed by atoms with Gasteiger partial charge in [-0.2, -0.15) is 13.2 Å². The van der Waals surface area contributed by atoms with Crippen molar-refractivity contribution in [3.05, 3.63) is 53.9 Å². The Hall–Kier alpha value is -2.88. The van der Waals surface area contributed by atoms with E-state index in [-0.39, 0.29) is 24.1 Å². The molecule has 3 heterocycles. The Morgan fingerprint density at radius 1 is 1.03 bits per heavy atom. The predicted molar refractivity (Wildman–Crippen MR) is 132 cm³/mol. The molecule has 1 aromatic heterocycles. The number of piperazine rings is 1. The molecule has 7 nitrogen and oxygen atoms in total. The molecular formula is C26H35F3N6O. The quantitative estimate of drug-likeness (QED) is 0.632. The van der Waals surface area contributed by atoms with E-state index in [0.29, 0.717) is 25.6 Å². The number of hydrogen-bond acceptors (Lipinski definition) is 5. The van der Waals surface area contributed by atoms with E-state index in [1.807, 2.05) is 29.7 Å². The SMILES string of the molecule is C[C@@H]1CN(c2ncc(C(F)(F)F)cn2)C[C@H](C)N1C(=O)NCCC1CCN(Cc2ccccc2)CC1. The largest absolute Gasteiger partial charge is 0.419 e. The van der Waals surface area contributed by atoms with E-state index >= 15 is 0 Å². The molecule has 2 saturated heterocycles. The van der Waals surface area contributed by atoms with Crippen molar-refractivity contribution >= 4 is 12.0 Å². The first-order valence-corrected chi connectivity index (χ1v) is 12.7. The van der Waals surface area contributed by atoms with Crippen molar-refractivity contribution in [2.24, 2.45) is 5.92 Å². The minimum absolute atomic E-state index is 0.0931. The number of amides is 2. The zero-order valence-electron chi connectivity index (χ0n) is 20.9. The fourth-order valence-electron chi connectivity index (χ4n) is 5.27. The molecule has 0 aliphatic carbocycles. The van der Waals surface area contributed by atoms with Gasteiger partial charge in [0.05, 0.1) is 5.56 Å². The van der Waals surface area contributed by atoms with Crippen LogP contribution >= 0.6 is 0 Å². The molecule has 2 fully saturated rings. The number of carbonyl (C=O) groups excluding carboxylic acids is 1. The zero-order chi connectivity index (χ0) is 25.7. The van der Waals surface area contributed by atoms with Gasteiger partial charge >= 0.3 is 12.2 Å². The van der Waals surface area contributed by atoms with Crippen LogP contribution in [0.3, 0.4) is 0 Å². The Morgan fingerprint density at radius 3 is 2.22 bits per heavy atom. The normalized spacial score (nSPS) is 22.0. The number of rotatable bonds is 6. The average molecular weight is 505 g/mol. The molecule has 1 N–H and O–H groups in total. The van der Waals surface area contributed by atoms with Crippen molar-refractivity contribution in [1.29, 1.82) is 0 Å². The number of piperidine rings is 1. The maximum absolute atomic E-state index is 12.9. The highest BCUT2D eigenvalue weighted by Gasteiger charge is 2.35. The molecule has 2 aromatic rings. The van der Waals surface area contributed by atoms with Gasteiger partial charge in [0, 0.05) is 50.7 Å². The summed E-state index contributed by atoms with van der Waals surface area (Å²) >= 11 is 0. The molecule has 4 rings (SSSR count). The van der Waals surface area contributed by atoms with Crippen molar-refractivity contribution < 1.29 is 18.0 Å². The number of carbonyl (C=O) groups is 1. The van der Waals surface area contributed by atoms with Crippen LogP contribution in [0.4, 0.5) is 23.9 Å². The zero-order valence-corrected chi connectivity index (χ0v) is 20.9. The summed E-state index contributed by atoms with van der Waals surface area (Å²) in [5, 5.41) is 3.09. The Bertz CT molecular complexity index is 967. The van der Waals surface area contributed by atoms with Crippen molar-refractivity contribution in [2.75, 3.05) is 37.6 Å². The fourth-order valence-corrected chi connectivity index (χ4v) is 5.27. The Kier molecular flexibility index (Phi) is 8.33. The lowest BCUT2D eigenvalue weighted by Gasteiger charge is -2.44. The van der Waals surface area contributed by atoms with Gasteiger partial charge in [-0.3, -0.25) is 4.90 Å². The summed E-state index contributed by atoms with van der Waals surface area (Å²) < 4.78 is 38.4. The molecule has 0 radical (unpaired) electrons. The summed E-state index contributed by atoms with van der Waals surface area (Å²) in [7, 11) is 0. The van der Waals surface area contributed by atoms with Crippen LogP contribution in [0.25, 0.3) is 0 Å². The van der Waals surface area contributed by atoms with Gasteiger partial charge in [0.2, 0.25) is 5.95 Å². The number of likely N-dealkylation sites (tertiary alicyclic amines) is 1. The molecule has 2 amide bonds. The second-order valence-corrected chi connectivity index (χ2v) is 10.0. The van der Waals surface area contributed by atoms with Crippen LogP contribution < -0.4 is 10.2 Å². The van der Waals surface area contributed by atoms with Gasteiger partial charge < -0.3 is 15.1 Å². The summed E-state index contributed by atoms with van der Waals surface area (Å²) in [5.74, 6) is 0.862. The lowest BCUT2D eigenvalue weighted by Crippen LogP contribution is -2.61. The number of alkyl halides is 3. The highest BCUT2D eigenvalue weighted by Crippen LogP contribution is 2.29. The Labute approximate surface area is 210 Å². The summed E-state index contributed by atoms with van der Waals surface area (Å²) in [6.07, 6.45) is 0.399. The van der Waals surface area contributed by atoms with E-state index in [1.54, 1.807) is 0 Å². The summed E-state index contributed by atoms with van der Waals surface area (Å²) in [6, 6.07) is 10.2. The second kappa shape index (κ2) is 11.5. The third-order valence-electron chi connectivity index (χ3n) is 7.19. The highest BCUT2D eigenvalue weighted by atomic mass is 19.4.